The topological polar surface area (TPSA) is 0 Å². The van der Waals surface area contributed by atoms with Gasteiger partial charge in [-0.3, -0.25) is 0 Å². The lowest BCUT2D eigenvalue weighted by atomic mass is 9.93. The van der Waals surface area contributed by atoms with Crippen molar-refractivity contribution in [3.05, 3.63) is 101 Å². The van der Waals surface area contributed by atoms with E-state index in [1.54, 1.807) is 0 Å². The molecular weight excluding hydrogens is 276 g/mol. The highest BCUT2D eigenvalue weighted by Gasteiger charge is 2.10. The largest absolute Gasteiger partial charge is 0.0990 e. The van der Waals surface area contributed by atoms with Gasteiger partial charge in [0.25, 0.3) is 0 Å². The molecule has 23 heavy (non-hydrogen) atoms. The van der Waals surface area contributed by atoms with E-state index in [4.69, 9.17) is 0 Å². The molecule has 0 saturated carbocycles. The zero-order valence-electron chi connectivity index (χ0n) is 14.5. The molecule has 118 valence electrons. The molecule has 0 amide bonds. The first-order chi connectivity index (χ1) is 11.2. The highest BCUT2D eigenvalue weighted by molar-refractivity contribution is 5.79. The van der Waals surface area contributed by atoms with Crippen LogP contribution < -0.4 is 0 Å². The zero-order valence-corrected chi connectivity index (χ0v) is 14.5. The van der Waals surface area contributed by atoms with Gasteiger partial charge in [-0.2, -0.15) is 0 Å². The lowest BCUT2D eigenvalue weighted by Gasteiger charge is -2.11. The smallest absolute Gasteiger partial charge is 0.0126 e. The number of rotatable bonds is 5. The molecule has 0 atom stereocenters. The Kier molecular flexibility index (Phi) is 6.17. The number of hydrogen-bond donors (Lipinski definition) is 0. The quantitative estimate of drug-likeness (QED) is 0.529. The standard InChI is InChI=1S/C23H26/c1-5-9-21(10-6-2)23-17-22(12-8-11-19(23)7-3)20-15-13-18(4)14-16-20/h5-6,8-10,12-17H,1,7,11H2,2-4H3/b10-6-,21-9+. The van der Waals surface area contributed by atoms with E-state index in [1.807, 2.05) is 6.08 Å². The van der Waals surface area contributed by atoms with Gasteiger partial charge in [-0.1, -0.05) is 85.4 Å². The molecule has 2 rings (SSSR count). The molecule has 0 N–H and O–H groups in total. The molecule has 1 aliphatic carbocycles. The van der Waals surface area contributed by atoms with Crippen molar-refractivity contribution in [1.82, 2.24) is 0 Å². The molecule has 1 aromatic carbocycles. The van der Waals surface area contributed by atoms with E-state index in [-0.39, 0.29) is 0 Å². The third kappa shape index (κ3) is 4.32. The summed E-state index contributed by atoms with van der Waals surface area (Å²) in [5.41, 5.74) is 7.84. The molecule has 0 saturated heterocycles. The highest BCUT2D eigenvalue weighted by Crippen LogP contribution is 2.30. The van der Waals surface area contributed by atoms with Gasteiger partial charge in [-0.25, -0.2) is 0 Å². The van der Waals surface area contributed by atoms with E-state index in [0.717, 1.165) is 12.8 Å². The van der Waals surface area contributed by atoms with Crippen molar-refractivity contribution in [3.63, 3.8) is 0 Å². The maximum absolute atomic E-state index is 3.87. The molecule has 0 radical (unpaired) electrons. The second-order valence-corrected chi connectivity index (χ2v) is 5.80. The molecular formula is C23H26. The van der Waals surface area contributed by atoms with Crippen LogP contribution in [0.3, 0.4) is 0 Å². The van der Waals surface area contributed by atoms with Gasteiger partial charge in [0.2, 0.25) is 0 Å². The first-order valence-electron chi connectivity index (χ1n) is 8.32. The second kappa shape index (κ2) is 8.33. The van der Waals surface area contributed by atoms with Gasteiger partial charge < -0.3 is 0 Å². The summed E-state index contributed by atoms with van der Waals surface area (Å²) >= 11 is 0. The Morgan fingerprint density at radius 1 is 1.22 bits per heavy atom. The summed E-state index contributed by atoms with van der Waals surface area (Å²) in [4.78, 5) is 0. The first kappa shape index (κ1) is 17.0. The van der Waals surface area contributed by atoms with Crippen LogP contribution in [0.4, 0.5) is 0 Å². The molecule has 0 heterocycles. The molecule has 0 aliphatic heterocycles. The normalized spacial score (nSPS) is 15.8. The summed E-state index contributed by atoms with van der Waals surface area (Å²) < 4.78 is 0. The van der Waals surface area contributed by atoms with Crippen LogP contribution in [0.15, 0.2) is 90.1 Å². The molecule has 0 fully saturated rings. The van der Waals surface area contributed by atoms with E-state index >= 15 is 0 Å². The third-order valence-electron chi connectivity index (χ3n) is 4.11. The monoisotopic (exact) mass is 302 g/mol. The lowest BCUT2D eigenvalue weighted by molar-refractivity contribution is 1.02. The van der Waals surface area contributed by atoms with Gasteiger partial charge in [-0.05, 0) is 55.0 Å². The van der Waals surface area contributed by atoms with Crippen molar-refractivity contribution in [1.29, 1.82) is 0 Å². The number of aryl methyl sites for hydroxylation is 1. The fraction of sp³-hybridized carbons (Fsp3) is 0.217. The molecule has 0 aromatic heterocycles. The van der Waals surface area contributed by atoms with Crippen molar-refractivity contribution in [2.24, 2.45) is 0 Å². The van der Waals surface area contributed by atoms with Crippen LogP contribution in [-0.2, 0) is 0 Å². The van der Waals surface area contributed by atoms with Crippen LogP contribution in [0.25, 0.3) is 5.57 Å². The third-order valence-corrected chi connectivity index (χ3v) is 4.11. The zero-order chi connectivity index (χ0) is 16.7. The van der Waals surface area contributed by atoms with Gasteiger partial charge >= 0.3 is 0 Å². The number of benzene rings is 1. The molecule has 0 nitrogen and oxygen atoms in total. The minimum Gasteiger partial charge on any atom is -0.0990 e. The summed E-state index contributed by atoms with van der Waals surface area (Å²) in [5.74, 6) is 0. The van der Waals surface area contributed by atoms with Crippen molar-refractivity contribution in [3.8, 4) is 0 Å². The summed E-state index contributed by atoms with van der Waals surface area (Å²) in [6, 6.07) is 8.75. The molecule has 0 unspecified atom stereocenters. The fourth-order valence-corrected chi connectivity index (χ4v) is 2.83. The lowest BCUT2D eigenvalue weighted by Crippen LogP contribution is -1.92. The van der Waals surface area contributed by atoms with E-state index in [1.165, 1.54) is 33.4 Å². The van der Waals surface area contributed by atoms with E-state index in [2.05, 4.69) is 88.1 Å². The predicted molar refractivity (Wildman–Crippen MR) is 103 cm³/mol. The van der Waals surface area contributed by atoms with Gasteiger partial charge in [0.05, 0.1) is 0 Å². The maximum atomic E-state index is 3.87. The van der Waals surface area contributed by atoms with E-state index in [9.17, 15) is 0 Å². The summed E-state index contributed by atoms with van der Waals surface area (Å²) in [6.07, 6.45) is 17.1. The van der Waals surface area contributed by atoms with Gasteiger partial charge in [0, 0.05) is 0 Å². The van der Waals surface area contributed by atoms with Crippen LogP contribution in [0.1, 0.15) is 37.8 Å². The number of hydrogen-bond acceptors (Lipinski definition) is 0. The molecule has 1 aliphatic rings. The Hall–Kier alpha value is -2.34. The van der Waals surface area contributed by atoms with Gasteiger partial charge in [0.15, 0.2) is 0 Å². The van der Waals surface area contributed by atoms with Crippen molar-refractivity contribution >= 4 is 5.57 Å². The summed E-state index contributed by atoms with van der Waals surface area (Å²) in [6.45, 7) is 10.3. The van der Waals surface area contributed by atoms with E-state index < -0.39 is 0 Å². The van der Waals surface area contributed by atoms with Gasteiger partial charge in [0.1, 0.15) is 0 Å². The first-order valence-corrected chi connectivity index (χ1v) is 8.32. The van der Waals surface area contributed by atoms with Gasteiger partial charge in [-0.15, -0.1) is 0 Å². The summed E-state index contributed by atoms with van der Waals surface area (Å²) in [7, 11) is 0. The van der Waals surface area contributed by atoms with Crippen molar-refractivity contribution in [2.75, 3.05) is 0 Å². The average molecular weight is 302 g/mol. The van der Waals surface area contributed by atoms with Crippen LogP contribution >= 0.6 is 0 Å². The molecule has 0 spiro atoms. The van der Waals surface area contributed by atoms with Crippen LogP contribution in [-0.4, -0.2) is 0 Å². The van der Waals surface area contributed by atoms with Crippen LogP contribution in [0.2, 0.25) is 0 Å². The minimum atomic E-state index is 1.00. The molecule has 1 aromatic rings. The number of allylic oxidation sites excluding steroid dienone is 11. The Morgan fingerprint density at radius 2 is 1.96 bits per heavy atom. The Labute approximate surface area is 140 Å². The second-order valence-electron chi connectivity index (χ2n) is 5.80. The SMILES string of the molecule is C=C/C=C(\C=C/C)C1=C(CC)CC=CC(c2ccc(C)cc2)=C1. The Balaban J connectivity index is 2.57. The van der Waals surface area contributed by atoms with E-state index in [0.29, 0.717) is 0 Å². The molecule has 0 heteroatoms. The Morgan fingerprint density at radius 3 is 2.57 bits per heavy atom. The maximum Gasteiger partial charge on any atom is -0.0126 e. The average Bonchev–Trinajstić information content (AvgIpc) is 2.77. The Bertz CT molecular complexity index is 701. The summed E-state index contributed by atoms with van der Waals surface area (Å²) in [5, 5.41) is 0. The fourth-order valence-electron chi connectivity index (χ4n) is 2.83. The van der Waals surface area contributed by atoms with Crippen LogP contribution in [0, 0.1) is 6.92 Å². The molecule has 0 bridgehead atoms. The van der Waals surface area contributed by atoms with Crippen molar-refractivity contribution < 1.29 is 0 Å². The minimum absolute atomic E-state index is 1.00. The highest BCUT2D eigenvalue weighted by atomic mass is 14.2. The van der Waals surface area contributed by atoms with Crippen molar-refractivity contribution in [2.45, 2.75) is 33.6 Å². The predicted octanol–water partition coefficient (Wildman–Crippen LogP) is 6.73. The van der Waals surface area contributed by atoms with Crippen LogP contribution in [0.5, 0.6) is 0 Å².